The summed E-state index contributed by atoms with van der Waals surface area (Å²) in [6.45, 7) is -1.59. The maximum absolute atomic E-state index is 10.6. The fourth-order valence-electron chi connectivity index (χ4n) is 6.10. The zero-order valence-corrected chi connectivity index (χ0v) is 27.3. The van der Waals surface area contributed by atoms with Crippen LogP contribution in [0, 0.1) is 11.8 Å². The van der Waals surface area contributed by atoms with Crippen molar-refractivity contribution in [3.05, 3.63) is 47.5 Å². The molecule has 0 spiro atoms. The summed E-state index contributed by atoms with van der Waals surface area (Å²) < 4.78 is 33.8. The van der Waals surface area contributed by atoms with Crippen LogP contribution in [-0.2, 0) is 31.8 Å². The summed E-state index contributed by atoms with van der Waals surface area (Å²) >= 11 is 0. The summed E-state index contributed by atoms with van der Waals surface area (Å²) in [6.07, 6.45) is -13.7. The van der Waals surface area contributed by atoms with Crippen molar-refractivity contribution in [2.24, 2.45) is 11.8 Å². The van der Waals surface area contributed by atoms with Crippen molar-refractivity contribution < 1.29 is 79.5 Å². The lowest BCUT2D eigenvalue weighted by atomic mass is 9.83. The van der Waals surface area contributed by atoms with E-state index in [0.29, 0.717) is 6.42 Å². The molecule has 10 N–H and O–H groups in total. The topological polar surface area (TPSA) is 258 Å². The van der Waals surface area contributed by atoms with Crippen LogP contribution in [0.2, 0.25) is 0 Å². The molecule has 276 valence electrons. The van der Waals surface area contributed by atoms with E-state index in [1.165, 1.54) is 26.4 Å². The van der Waals surface area contributed by atoms with Crippen LogP contribution >= 0.6 is 0 Å². The van der Waals surface area contributed by atoms with Crippen LogP contribution in [0.4, 0.5) is 0 Å². The molecule has 0 saturated carbocycles. The SMILES string of the molecule is COc1cc(C[C@H](COC[C@@H]2O[C@H](CO)[C@@H](O)[C@H](O)[C@H]2O)[C@@H](CO[C@@H]2O[C@H](CO)[C@@H](O)[C@H](O)[C@H]2O)Cc2ccc(O)c(OC)c2)ccc1O. The maximum atomic E-state index is 10.6. The van der Waals surface area contributed by atoms with E-state index in [1.807, 2.05) is 0 Å². The first-order valence-electron chi connectivity index (χ1n) is 15.9. The van der Waals surface area contributed by atoms with Gasteiger partial charge in [-0.15, -0.1) is 0 Å². The van der Waals surface area contributed by atoms with Gasteiger partial charge in [-0.2, -0.15) is 0 Å². The number of phenolic OH excluding ortho intramolecular Hbond substituents is 2. The Morgan fingerprint density at radius 2 is 1.08 bits per heavy atom. The molecule has 49 heavy (non-hydrogen) atoms. The first-order valence-corrected chi connectivity index (χ1v) is 15.9. The van der Waals surface area contributed by atoms with Crippen molar-refractivity contribution in [1.82, 2.24) is 0 Å². The number of hydrogen-bond acceptors (Lipinski definition) is 16. The van der Waals surface area contributed by atoms with Gasteiger partial charge >= 0.3 is 0 Å². The molecule has 0 bridgehead atoms. The Morgan fingerprint density at radius 1 is 0.612 bits per heavy atom. The molecule has 0 radical (unpaired) electrons. The van der Waals surface area contributed by atoms with Crippen molar-refractivity contribution in [3.63, 3.8) is 0 Å². The molecule has 2 aliphatic rings. The van der Waals surface area contributed by atoms with E-state index in [0.717, 1.165) is 11.1 Å². The molecule has 2 heterocycles. The third-order valence-corrected chi connectivity index (χ3v) is 9.08. The highest BCUT2D eigenvalue weighted by atomic mass is 16.7. The van der Waals surface area contributed by atoms with Crippen LogP contribution in [0.25, 0.3) is 0 Å². The van der Waals surface area contributed by atoms with Crippen LogP contribution in [0.15, 0.2) is 36.4 Å². The van der Waals surface area contributed by atoms with Gasteiger partial charge in [0.25, 0.3) is 0 Å². The molecule has 0 amide bonds. The number of aliphatic hydroxyl groups is 8. The zero-order valence-electron chi connectivity index (χ0n) is 27.3. The second kappa shape index (κ2) is 17.9. The number of rotatable bonds is 16. The second-order valence-electron chi connectivity index (χ2n) is 12.4. The Labute approximate surface area is 283 Å². The minimum atomic E-state index is -1.65. The Morgan fingerprint density at radius 3 is 1.59 bits per heavy atom. The van der Waals surface area contributed by atoms with Gasteiger partial charge in [-0.1, -0.05) is 12.1 Å². The molecule has 0 aromatic heterocycles. The second-order valence-corrected chi connectivity index (χ2v) is 12.4. The van der Waals surface area contributed by atoms with Gasteiger partial charge < -0.3 is 79.5 Å². The molecular weight excluding hydrogens is 652 g/mol. The molecule has 4 rings (SSSR count). The Hall–Kier alpha value is -2.84. The summed E-state index contributed by atoms with van der Waals surface area (Å²) in [4.78, 5) is 0. The summed E-state index contributed by atoms with van der Waals surface area (Å²) in [6, 6.07) is 9.63. The number of benzene rings is 2. The lowest BCUT2D eigenvalue weighted by Crippen LogP contribution is -2.59. The van der Waals surface area contributed by atoms with Crippen LogP contribution in [0.1, 0.15) is 11.1 Å². The lowest BCUT2D eigenvalue weighted by molar-refractivity contribution is -0.304. The average molecular weight is 701 g/mol. The van der Waals surface area contributed by atoms with E-state index in [9.17, 15) is 51.1 Å². The number of ether oxygens (including phenoxy) is 6. The predicted octanol–water partition coefficient (Wildman–Crippen LogP) is -2.19. The highest BCUT2D eigenvalue weighted by Crippen LogP contribution is 2.33. The van der Waals surface area contributed by atoms with E-state index in [-0.39, 0.29) is 49.2 Å². The van der Waals surface area contributed by atoms with Gasteiger partial charge in [-0.25, -0.2) is 0 Å². The van der Waals surface area contributed by atoms with Crippen LogP contribution in [0.3, 0.4) is 0 Å². The highest BCUT2D eigenvalue weighted by molar-refractivity contribution is 5.43. The van der Waals surface area contributed by atoms with Gasteiger partial charge in [0.05, 0.1) is 47.3 Å². The number of hydrogen-bond donors (Lipinski definition) is 10. The summed E-state index contributed by atoms with van der Waals surface area (Å²) in [7, 11) is 2.82. The van der Waals surface area contributed by atoms with Gasteiger partial charge in [0, 0.05) is 0 Å². The van der Waals surface area contributed by atoms with Crippen molar-refractivity contribution in [1.29, 1.82) is 0 Å². The molecule has 2 saturated heterocycles. The lowest BCUT2D eigenvalue weighted by Gasteiger charge is -2.41. The normalized spacial score (nSPS) is 31.6. The molecule has 2 aromatic carbocycles. The quantitative estimate of drug-likeness (QED) is 0.0892. The smallest absolute Gasteiger partial charge is 0.186 e. The Kier molecular flexibility index (Phi) is 14.2. The first kappa shape index (κ1) is 39.0. The fourth-order valence-corrected chi connectivity index (χ4v) is 6.10. The largest absolute Gasteiger partial charge is 0.504 e. The van der Waals surface area contributed by atoms with E-state index in [2.05, 4.69) is 0 Å². The van der Waals surface area contributed by atoms with E-state index < -0.39 is 86.3 Å². The summed E-state index contributed by atoms with van der Waals surface area (Å²) in [5, 5.41) is 102. The van der Waals surface area contributed by atoms with Crippen molar-refractivity contribution in [2.45, 2.75) is 74.1 Å². The number of phenols is 2. The van der Waals surface area contributed by atoms with E-state index >= 15 is 0 Å². The minimum Gasteiger partial charge on any atom is -0.504 e. The molecule has 2 aromatic rings. The standard InChI is InChI=1S/C33H48O16/c1-44-22-9-16(3-5-20(22)36)7-18(13-46-15-26-29(40)30(41)27(38)24(11-34)48-26)19(8-17-4-6-21(37)23(10-17)45-2)14-47-33-32(43)31(42)28(39)25(12-35)49-33/h3-6,9-10,18-19,24-43H,7-8,11-15H2,1-2H3/t18-,19-,24-,25-,26+,27-,28-,29+,30+,31+,32-,33-/m1/s1. The Bertz CT molecular complexity index is 1310. The monoisotopic (exact) mass is 700 g/mol. The van der Waals surface area contributed by atoms with Crippen LogP contribution < -0.4 is 9.47 Å². The summed E-state index contributed by atoms with van der Waals surface area (Å²) in [5.74, 6) is -0.600. The summed E-state index contributed by atoms with van der Waals surface area (Å²) in [5.41, 5.74) is 1.46. The maximum Gasteiger partial charge on any atom is 0.186 e. The number of methoxy groups -OCH3 is 2. The van der Waals surface area contributed by atoms with Crippen LogP contribution in [-0.4, -0.2) is 160 Å². The van der Waals surface area contributed by atoms with Gasteiger partial charge in [0.2, 0.25) is 0 Å². The molecule has 12 atom stereocenters. The van der Waals surface area contributed by atoms with E-state index in [4.69, 9.17) is 28.4 Å². The molecule has 16 heteroatoms. The molecule has 2 fully saturated rings. The Balaban J connectivity index is 1.62. The molecule has 16 nitrogen and oxygen atoms in total. The molecule has 0 aliphatic carbocycles. The van der Waals surface area contributed by atoms with Crippen molar-refractivity contribution in [2.75, 3.05) is 47.3 Å². The predicted molar refractivity (Wildman–Crippen MR) is 168 cm³/mol. The molecular formula is C33H48O16. The first-order chi connectivity index (χ1) is 23.4. The highest BCUT2D eigenvalue weighted by Gasteiger charge is 2.45. The minimum absolute atomic E-state index is 0.00383. The molecule has 0 unspecified atom stereocenters. The zero-order chi connectivity index (χ0) is 35.8. The van der Waals surface area contributed by atoms with Gasteiger partial charge in [0.1, 0.15) is 54.9 Å². The fraction of sp³-hybridized carbons (Fsp3) is 0.636. The van der Waals surface area contributed by atoms with Gasteiger partial charge in [-0.05, 0) is 60.1 Å². The third kappa shape index (κ3) is 9.49. The number of aliphatic hydroxyl groups excluding tert-OH is 8. The molecule has 2 aliphatic heterocycles. The van der Waals surface area contributed by atoms with E-state index in [1.54, 1.807) is 24.3 Å². The third-order valence-electron chi connectivity index (χ3n) is 9.08. The van der Waals surface area contributed by atoms with Crippen molar-refractivity contribution >= 4 is 0 Å². The van der Waals surface area contributed by atoms with Gasteiger partial charge in [-0.3, -0.25) is 0 Å². The van der Waals surface area contributed by atoms with Crippen molar-refractivity contribution in [3.8, 4) is 23.0 Å². The van der Waals surface area contributed by atoms with Crippen LogP contribution in [0.5, 0.6) is 23.0 Å². The number of aromatic hydroxyl groups is 2. The van der Waals surface area contributed by atoms with Gasteiger partial charge in [0.15, 0.2) is 29.3 Å². The average Bonchev–Trinajstić information content (AvgIpc) is 3.10.